The molecule has 4 nitrogen and oxygen atoms in total. The van der Waals surface area contributed by atoms with E-state index in [9.17, 15) is 4.79 Å². The van der Waals surface area contributed by atoms with Crippen molar-refractivity contribution < 1.29 is 9.53 Å². The summed E-state index contributed by atoms with van der Waals surface area (Å²) in [6.07, 6.45) is 1.38. The minimum Gasteiger partial charge on any atom is -0.484 e. The number of carbonyl (C=O) groups excluding carboxylic acids is 1. The Morgan fingerprint density at radius 1 is 1.41 bits per heavy atom. The van der Waals surface area contributed by atoms with Crippen LogP contribution in [0, 0.1) is 5.92 Å². The molecule has 0 saturated carbocycles. The van der Waals surface area contributed by atoms with Crippen LogP contribution in [0.3, 0.4) is 0 Å². The highest BCUT2D eigenvalue weighted by molar-refractivity contribution is 5.95. The second-order valence-electron chi connectivity index (χ2n) is 4.02. The molecule has 1 aliphatic heterocycles. The van der Waals surface area contributed by atoms with Gasteiger partial charge in [0, 0.05) is 24.6 Å². The van der Waals surface area contributed by atoms with Crippen molar-refractivity contribution in [1.29, 1.82) is 0 Å². The SMILES string of the molecule is COC1=NCCC(C(=O)Nc2ccccc2)C1. The van der Waals surface area contributed by atoms with E-state index in [4.69, 9.17) is 4.74 Å². The summed E-state index contributed by atoms with van der Waals surface area (Å²) >= 11 is 0. The van der Waals surface area contributed by atoms with Gasteiger partial charge in [0.15, 0.2) is 5.90 Å². The Morgan fingerprint density at radius 2 is 2.18 bits per heavy atom. The van der Waals surface area contributed by atoms with E-state index in [1.54, 1.807) is 7.11 Å². The molecule has 0 saturated heterocycles. The predicted octanol–water partition coefficient (Wildman–Crippen LogP) is 2.08. The number of nitrogens with one attached hydrogen (secondary N) is 1. The first-order valence-corrected chi connectivity index (χ1v) is 5.73. The molecule has 1 atom stereocenters. The van der Waals surface area contributed by atoms with E-state index in [-0.39, 0.29) is 11.8 Å². The number of hydrogen-bond donors (Lipinski definition) is 1. The van der Waals surface area contributed by atoms with Crippen molar-refractivity contribution in [3.05, 3.63) is 30.3 Å². The Hall–Kier alpha value is -1.84. The van der Waals surface area contributed by atoms with Crippen LogP contribution in [-0.4, -0.2) is 25.5 Å². The number of amides is 1. The molecular formula is C13H16N2O2. The average molecular weight is 232 g/mol. The molecule has 4 heteroatoms. The number of nitrogens with zero attached hydrogens (tertiary/aromatic N) is 1. The molecule has 0 spiro atoms. The zero-order valence-corrected chi connectivity index (χ0v) is 9.85. The van der Waals surface area contributed by atoms with Gasteiger partial charge in [0.25, 0.3) is 0 Å². The lowest BCUT2D eigenvalue weighted by Gasteiger charge is -2.20. The van der Waals surface area contributed by atoms with Crippen molar-refractivity contribution in [2.24, 2.45) is 10.9 Å². The maximum absolute atomic E-state index is 12.0. The van der Waals surface area contributed by atoms with E-state index in [1.165, 1.54) is 0 Å². The van der Waals surface area contributed by atoms with Gasteiger partial charge in [0.2, 0.25) is 5.91 Å². The molecule has 0 fully saturated rings. The van der Waals surface area contributed by atoms with Crippen LogP contribution >= 0.6 is 0 Å². The van der Waals surface area contributed by atoms with Gasteiger partial charge in [-0.05, 0) is 18.6 Å². The third-order valence-electron chi connectivity index (χ3n) is 2.83. The van der Waals surface area contributed by atoms with E-state index >= 15 is 0 Å². The van der Waals surface area contributed by atoms with Crippen LogP contribution in [-0.2, 0) is 9.53 Å². The number of rotatable bonds is 2. The average Bonchev–Trinajstić information content (AvgIpc) is 2.40. The molecule has 1 heterocycles. The first-order chi connectivity index (χ1) is 8.29. The fourth-order valence-electron chi connectivity index (χ4n) is 1.86. The Morgan fingerprint density at radius 3 is 2.88 bits per heavy atom. The van der Waals surface area contributed by atoms with Crippen molar-refractivity contribution in [3.8, 4) is 0 Å². The molecule has 1 amide bonds. The molecule has 1 aliphatic rings. The number of para-hydroxylation sites is 1. The minimum absolute atomic E-state index is 0.0392. The molecule has 90 valence electrons. The van der Waals surface area contributed by atoms with Gasteiger partial charge in [0.1, 0.15) is 0 Å². The van der Waals surface area contributed by atoms with Gasteiger partial charge in [-0.2, -0.15) is 0 Å². The molecule has 17 heavy (non-hydrogen) atoms. The van der Waals surface area contributed by atoms with E-state index in [0.29, 0.717) is 18.9 Å². The zero-order chi connectivity index (χ0) is 12.1. The topological polar surface area (TPSA) is 50.7 Å². The fourth-order valence-corrected chi connectivity index (χ4v) is 1.86. The lowest BCUT2D eigenvalue weighted by molar-refractivity contribution is -0.120. The van der Waals surface area contributed by atoms with Crippen LogP contribution in [0.5, 0.6) is 0 Å². The molecule has 0 aliphatic carbocycles. The number of benzene rings is 1. The Balaban J connectivity index is 1.95. The molecule has 1 aromatic carbocycles. The standard InChI is InChI=1S/C13H16N2O2/c1-17-12-9-10(7-8-14-12)13(16)15-11-5-3-2-4-6-11/h2-6,10H,7-9H2,1H3,(H,15,16). The lowest BCUT2D eigenvalue weighted by Crippen LogP contribution is -2.29. The molecule has 0 aromatic heterocycles. The number of aliphatic imine (C=N–C) groups is 1. The van der Waals surface area contributed by atoms with E-state index < -0.39 is 0 Å². The monoisotopic (exact) mass is 232 g/mol. The molecular weight excluding hydrogens is 216 g/mol. The first kappa shape index (κ1) is 11.6. The van der Waals surface area contributed by atoms with Crippen LogP contribution in [0.4, 0.5) is 5.69 Å². The highest BCUT2D eigenvalue weighted by Crippen LogP contribution is 2.18. The number of anilines is 1. The Kier molecular flexibility index (Phi) is 3.75. The van der Waals surface area contributed by atoms with E-state index in [0.717, 1.165) is 12.1 Å². The van der Waals surface area contributed by atoms with Gasteiger partial charge in [-0.1, -0.05) is 18.2 Å². The van der Waals surface area contributed by atoms with Gasteiger partial charge in [-0.15, -0.1) is 0 Å². The van der Waals surface area contributed by atoms with Crippen molar-refractivity contribution in [2.45, 2.75) is 12.8 Å². The molecule has 2 rings (SSSR count). The summed E-state index contributed by atoms with van der Waals surface area (Å²) in [5.41, 5.74) is 0.832. The number of carbonyl (C=O) groups is 1. The van der Waals surface area contributed by atoms with Crippen LogP contribution in [0.1, 0.15) is 12.8 Å². The summed E-state index contributed by atoms with van der Waals surface area (Å²) in [6, 6.07) is 9.49. The highest BCUT2D eigenvalue weighted by atomic mass is 16.5. The van der Waals surface area contributed by atoms with E-state index in [2.05, 4.69) is 10.3 Å². The van der Waals surface area contributed by atoms with Crippen molar-refractivity contribution in [1.82, 2.24) is 0 Å². The number of ether oxygens (including phenoxy) is 1. The summed E-state index contributed by atoms with van der Waals surface area (Å²) in [4.78, 5) is 16.2. The van der Waals surface area contributed by atoms with Gasteiger partial charge in [-0.3, -0.25) is 9.79 Å². The first-order valence-electron chi connectivity index (χ1n) is 5.73. The molecule has 1 aromatic rings. The van der Waals surface area contributed by atoms with Gasteiger partial charge < -0.3 is 10.1 Å². The summed E-state index contributed by atoms with van der Waals surface area (Å²) in [5.74, 6) is 0.674. The fraction of sp³-hybridized carbons (Fsp3) is 0.385. The third-order valence-corrected chi connectivity index (χ3v) is 2.83. The summed E-state index contributed by atoms with van der Waals surface area (Å²) in [7, 11) is 1.59. The molecule has 1 unspecified atom stereocenters. The van der Waals surface area contributed by atoms with Crippen molar-refractivity contribution >= 4 is 17.5 Å². The van der Waals surface area contributed by atoms with Crippen molar-refractivity contribution in [2.75, 3.05) is 19.0 Å². The molecule has 1 N–H and O–H groups in total. The number of hydrogen-bond acceptors (Lipinski definition) is 3. The lowest BCUT2D eigenvalue weighted by atomic mass is 9.98. The van der Waals surface area contributed by atoms with Gasteiger partial charge in [0.05, 0.1) is 7.11 Å². The maximum Gasteiger partial charge on any atom is 0.228 e. The summed E-state index contributed by atoms with van der Waals surface area (Å²) in [6.45, 7) is 0.663. The normalized spacial score (nSPS) is 19.4. The zero-order valence-electron chi connectivity index (χ0n) is 9.85. The van der Waals surface area contributed by atoms with Crippen LogP contribution < -0.4 is 5.32 Å². The minimum atomic E-state index is -0.0392. The number of methoxy groups -OCH3 is 1. The second kappa shape index (κ2) is 5.48. The van der Waals surface area contributed by atoms with Crippen LogP contribution in [0.25, 0.3) is 0 Å². The largest absolute Gasteiger partial charge is 0.484 e. The van der Waals surface area contributed by atoms with E-state index in [1.807, 2.05) is 30.3 Å². The van der Waals surface area contributed by atoms with Crippen LogP contribution in [0.2, 0.25) is 0 Å². The Labute approximate surface area is 101 Å². The molecule has 0 radical (unpaired) electrons. The predicted molar refractivity (Wildman–Crippen MR) is 67.1 cm³/mol. The van der Waals surface area contributed by atoms with Crippen molar-refractivity contribution in [3.63, 3.8) is 0 Å². The summed E-state index contributed by atoms with van der Waals surface area (Å²) in [5, 5.41) is 2.91. The second-order valence-corrected chi connectivity index (χ2v) is 4.02. The maximum atomic E-state index is 12.0. The highest BCUT2D eigenvalue weighted by Gasteiger charge is 2.24. The van der Waals surface area contributed by atoms with Gasteiger partial charge >= 0.3 is 0 Å². The van der Waals surface area contributed by atoms with Gasteiger partial charge in [-0.25, -0.2) is 0 Å². The van der Waals surface area contributed by atoms with Crippen LogP contribution in [0.15, 0.2) is 35.3 Å². The summed E-state index contributed by atoms with van der Waals surface area (Å²) < 4.78 is 5.09. The Bertz CT molecular complexity index is 415. The smallest absolute Gasteiger partial charge is 0.228 e. The molecule has 0 bridgehead atoms. The quantitative estimate of drug-likeness (QED) is 0.848. The third kappa shape index (κ3) is 3.06.